The van der Waals surface area contributed by atoms with Crippen LogP contribution in [0.1, 0.15) is 38.2 Å². The van der Waals surface area contributed by atoms with Crippen LogP contribution < -0.4 is 5.73 Å². The highest BCUT2D eigenvalue weighted by Crippen LogP contribution is 2.37. The maximum Gasteiger partial charge on any atom is 0.145 e. The number of hydrogen-bond acceptors (Lipinski definition) is 2. The second kappa shape index (κ2) is 6.42. The van der Waals surface area contributed by atoms with Gasteiger partial charge in [0.15, 0.2) is 0 Å². The summed E-state index contributed by atoms with van der Waals surface area (Å²) in [7, 11) is 1.71. The van der Waals surface area contributed by atoms with Crippen molar-refractivity contribution in [2.45, 2.75) is 50.7 Å². The first-order valence-corrected chi connectivity index (χ1v) is 7.60. The van der Waals surface area contributed by atoms with E-state index in [1.54, 1.807) is 25.3 Å². The van der Waals surface area contributed by atoms with Gasteiger partial charge in [-0.1, -0.05) is 30.7 Å². The van der Waals surface area contributed by atoms with E-state index in [2.05, 4.69) is 6.92 Å². The Bertz CT molecular complexity index is 458. The molecule has 2 N–H and O–H groups in total. The van der Waals surface area contributed by atoms with Crippen molar-refractivity contribution >= 4 is 11.6 Å². The first-order valence-electron chi connectivity index (χ1n) is 7.22. The van der Waals surface area contributed by atoms with Gasteiger partial charge in [0.05, 0.1) is 10.6 Å². The van der Waals surface area contributed by atoms with E-state index in [0.29, 0.717) is 17.9 Å². The minimum absolute atomic E-state index is 0.151. The van der Waals surface area contributed by atoms with Crippen molar-refractivity contribution in [1.29, 1.82) is 0 Å². The van der Waals surface area contributed by atoms with Crippen molar-refractivity contribution in [2.75, 3.05) is 7.11 Å². The van der Waals surface area contributed by atoms with Crippen LogP contribution in [0.2, 0.25) is 5.02 Å². The number of benzene rings is 1. The summed E-state index contributed by atoms with van der Waals surface area (Å²) >= 11 is 5.82. The van der Waals surface area contributed by atoms with Gasteiger partial charge in [-0.25, -0.2) is 4.39 Å². The summed E-state index contributed by atoms with van der Waals surface area (Å²) in [6.45, 7) is 2.25. The number of nitrogens with two attached hydrogens (primary N) is 1. The zero-order valence-electron chi connectivity index (χ0n) is 12.2. The molecule has 0 bridgehead atoms. The number of methoxy groups -OCH3 is 1. The normalized spacial score (nSPS) is 28.4. The molecule has 1 unspecified atom stereocenters. The molecule has 1 aromatic carbocycles. The van der Waals surface area contributed by atoms with Gasteiger partial charge in [0.25, 0.3) is 0 Å². The fraction of sp³-hybridized carbons (Fsp3) is 0.625. The van der Waals surface area contributed by atoms with Crippen LogP contribution in [0.15, 0.2) is 18.2 Å². The molecule has 0 heterocycles. The number of hydrogen-bond donors (Lipinski definition) is 1. The molecule has 4 heteroatoms. The van der Waals surface area contributed by atoms with E-state index < -0.39 is 0 Å². The van der Waals surface area contributed by atoms with Gasteiger partial charge < -0.3 is 10.5 Å². The molecule has 1 aliphatic rings. The van der Waals surface area contributed by atoms with Gasteiger partial charge in [-0.2, -0.15) is 0 Å². The summed E-state index contributed by atoms with van der Waals surface area (Å²) in [4.78, 5) is 0. The lowest BCUT2D eigenvalue weighted by molar-refractivity contribution is -0.0660. The number of halogens is 2. The largest absolute Gasteiger partial charge is 0.377 e. The third kappa shape index (κ3) is 3.16. The molecule has 1 aromatic rings. The molecule has 0 aromatic heterocycles. The van der Waals surface area contributed by atoms with Crippen LogP contribution in [-0.2, 0) is 11.2 Å². The van der Waals surface area contributed by atoms with Crippen molar-refractivity contribution in [2.24, 2.45) is 11.7 Å². The smallest absolute Gasteiger partial charge is 0.145 e. The van der Waals surface area contributed by atoms with Crippen LogP contribution >= 0.6 is 11.6 Å². The summed E-state index contributed by atoms with van der Waals surface area (Å²) in [5, 5.41) is 0.151. The molecule has 0 aliphatic heterocycles. The summed E-state index contributed by atoms with van der Waals surface area (Å²) in [5.41, 5.74) is 6.59. The highest BCUT2D eigenvalue weighted by atomic mass is 35.5. The predicted molar refractivity (Wildman–Crippen MR) is 80.5 cm³/mol. The fourth-order valence-corrected chi connectivity index (χ4v) is 3.30. The lowest BCUT2D eigenvalue weighted by atomic mass is 9.74. The van der Waals surface area contributed by atoms with Crippen LogP contribution in [0.4, 0.5) is 4.39 Å². The van der Waals surface area contributed by atoms with Gasteiger partial charge >= 0.3 is 0 Å². The summed E-state index contributed by atoms with van der Waals surface area (Å²) in [6, 6.07) is 4.85. The highest BCUT2D eigenvalue weighted by molar-refractivity contribution is 6.30. The number of ether oxygens (including phenoxy) is 1. The van der Waals surface area contributed by atoms with E-state index in [4.69, 9.17) is 22.1 Å². The lowest BCUT2D eigenvalue weighted by Gasteiger charge is -2.42. The Hall–Kier alpha value is -0.640. The Morgan fingerprint density at radius 3 is 2.70 bits per heavy atom. The zero-order chi connectivity index (χ0) is 14.8. The Labute approximate surface area is 125 Å². The minimum Gasteiger partial charge on any atom is -0.377 e. The first kappa shape index (κ1) is 15.7. The van der Waals surface area contributed by atoms with E-state index in [9.17, 15) is 4.39 Å². The van der Waals surface area contributed by atoms with Crippen LogP contribution in [0.25, 0.3) is 0 Å². The monoisotopic (exact) mass is 299 g/mol. The van der Waals surface area contributed by atoms with Crippen molar-refractivity contribution in [3.05, 3.63) is 34.6 Å². The van der Waals surface area contributed by atoms with Gasteiger partial charge in [-0.3, -0.25) is 0 Å². The number of rotatable bonds is 4. The molecule has 0 saturated heterocycles. The van der Waals surface area contributed by atoms with E-state index in [1.165, 1.54) is 0 Å². The standard InChI is InChI=1S/C16H23ClFNO/c1-11-6-8-16(20-2,9-7-11)14(19)10-12-4-3-5-13(17)15(12)18/h3-5,11,14H,6-10,19H2,1-2H3. The molecule has 2 rings (SSSR count). The zero-order valence-corrected chi connectivity index (χ0v) is 12.9. The summed E-state index contributed by atoms with van der Waals surface area (Å²) in [5.74, 6) is 0.355. The molecule has 1 saturated carbocycles. The molecule has 1 aliphatic carbocycles. The topological polar surface area (TPSA) is 35.2 Å². The van der Waals surface area contributed by atoms with Gasteiger partial charge in [-0.05, 0) is 49.7 Å². The van der Waals surface area contributed by atoms with Crippen molar-refractivity contribution in [1.82, 2.24) is 0 Å². The fourth-order valence-electron chi connectivity index (χ4n) is 3.11. The quantitative estimate of drug-likeness (QED) is 0.914. The van der Waals surface area contributed by atoms with E-state index in [1.807, 2.05) is 0 Å². The lowest BCUT2D eigenvalue weighted by Crippen LogP contribution is -2.52. The maximum atomic E-state index is 14.0. The molecule has 20 heavy (non-hydrogen) atoms. The molecule has 1 fully saturated rings. The molecular formula is C16H23ClFNO. The molecule has 0 spiro atoms. The minimum atomic E-state index is -0.361. The summed E-state index contributed by atoms with van der Waals surface area (Å²) in [6.07, 6.45) is 4.55. The Kier molecular flexibility index (Phi) is 5.05. The molecule has 0 amide bonds. The van der Waals surface area contributed by atoms with E-state index in [-0.39, 0.29) is 22.5 Å². The SMILES string of the molecule is COC1(C(N)Cc2cccc(Cl)c2F)CCC(C)CC1. The van der Waals surface area contributed by atoms with Crippen LogP contribution in [0.3, 0.4) is 0 Å². The van der Waals surface area contributed by atoms with Crippen molar-refractivity contribution in [3.63, 3.8) is 0 Å². The Balaban J connectivity index is 2.13. The Morgan fingerprint density at radius 2 is 2.10 bits per heavy atom. The Morgan fingerprint density at radius 1 is 1.45 bits per heavy atom. The molecule has 112 valence electrons. The van der Waals surface area contributed by atoms with Gasteiger partial charge in [-0.15, -0.1) is 0 Å². The molecule has 0 radical (unpaired) electrons. The summed E-state index contributed by atoms with van der Waals surface area (Å²) < 4.78 is 19.7. The van der Waals surface area contributed by atoms with Crippen LogP contribution in [0, 0.1) is 11.7 Å². The highest BCUT2D eigenvalue weighted by Gasteiger charge is 2.39. The first-order chi connectivity index (χ1) is 9.48. The second-order valence-corrected chi connectivity index (χ2v) is 6.38. The molecule has 2 nitrogen and oxygen atoms in total. The second-order valence-electron chi connectivity index (χ2n) is 5.97. The molecule has 1 atom stereocenters. The average molecular weight is 300 g/mol. The van der Waals surface area contributed by atoms with Crippen LogP contribution in [-0.4, -0.2) is 18.8 Å². The average Bonchev–Trinajstić information content (AvgIpc) is 2.45. The van der Waals surface area contributed by atoms with Gasteiger partial charge in [0.1, 0.15) is 5.82 Å². The van der Waals surface area contributed by atoms with Gasteiger partial charge in [0.2, 0.25) is 0 Å². The van der Waals surface area contributed by atoms with Crippen LogP contribution in [0.5, 0.6) is 0 Å². The predicted octanol–water partition coefficient (Wildman–Crippen LogP) is 3.94. The van der Waals surface area contributed by atoms with Crippen molar-refractivity contribution < 1.29 is 9.13 Å². The third-order valence-corrected chi connectivity index (χ3v) is 4.97. The molecular weight excluding hydrogens is 277 g/mol. The third-order valence-electron chi connectivity index (χ3n) is 4.67. The van der Waals surface area contributed by atoms with E-state index >= 15 is 0 Å². The van der Waals surface area contributed by atoms with Gasteiger partial charge in [0, 0.05) is 13.2 Å². The van der Waals surface area contributed by atoms with Crippen molar-refractivity contribution in [3.8, 4) is 0 Å². The van der Waals surface area contributed by atoms with E-state index in [0.717, 1.165) is 25.7 Å². The maximum absolute atomic E-state index is 14.0.